The number of carbonyl (C=O) groups excluding carboxylic acids is 1. The van der Waals surface area contributed by atoms with E-state index in [4.69, 9.17) is 4.74 Å². The van der Waals surface area contributed by atoms with Crippen LogP contribution in [0.25, 0.3) is 0 Å². The number of hydrogen-bond acceptors (Lipinski definition) is 2. The minimum atomic E-state index is 0.304. The molecule has 6 unspecified atom stereocenters. The number of hydrogen-bond donors (Lipinski definition) is 0. The van der Waals surface area contributed by atoms with Crippen molar-refractivity contribution in [3.63, 3.8) is 0 Å². The summed E-state index contributed by atoms with van der Waals surface area (Å²) in [6.07, 6.45) is 12.4. The quantitative estimate of drug-likeness (QED) is 0.661. The maximum atomic E-state index is 12.2. The number of carbonyl (C=O) groups is 1. The van der Waals surface area contributed by atoms with Gasteiger partial charge in [0, 0.05) is 12.5 Å². The fourth-order valence-corrected chi connectivity index (χ4v) is 8.27. The molecule has 0 bridgehead atoms. The van der Waals surface area contributed by atoms with Crippen LogP contribution in [0, 0.1) is 40.4 Å². The zero-order valence-corrected chi connectivity index (χ0v) is 16.9. The lowest BCUT2D eigenvalue weighted by atomic mass is 9.44. The fraction of sp³-hybridized carbons (Fsp3) is 0.957. The molecule has 0 heterocycles. The largest absolute Gasteiger partial charge is 0.378 e. The molecule has 0 N–H and O–H groups in total. The van der Waals surface area contributed by atoms with Gasteiger partial charge < -0.3 is 4.74 Å². The maximum absolute atomic E-state index is 12.2. The van der Waals surface area contributed by atoms with E-state index in [1.54, 1.807) is 0 Å². The first-order valence-corrected chi connectivity index (χ1v) is 11.0. The number of Topliss-reactive ketones (excluding diaryl/α,β-unsaturated/α-hetero) is 1. The lowest BCUT2D eigenvalue weighted by Gasteiger charge is -2.61. The molecule has 0 aromatic heterocycles. The number of ketones is 1. The molecule has 0 saturated heterocycles. The lowest BCUT2D eigenvalue weighted by molar-refractivity contribution is -0.141. The highest BCUT2D eigenvalue weighted by molar-refractivity contribution is 5.79. The highest BCUT2D eigenvalue weighted by Gasteiger charge is 2.60. The Morgan fingerprint density at radius 3 is 2.40 bits per heavy atom. The van der Waals surface area contributed by atoms with Gasteiger partial charge in [0.2, 0.25) is 0 Å². The topological polar surface area (TPSA) is 26.3 Å². The summed E-state index contributed by atoms with van der Waals surface area (Å²) in [5.41, 5.74) is 0.838. The van der Waals surface area contributed by atoms with E-state index in [9.17, 15) is 4.79 Å². The van der Waals surface area contributed by atoms with Crippen molar-refractivity contribution < 1.29 is 9.53 Å². The number of ether oxygens (including phenoxy) is 1. The van der Waals surface area contributed by atoms with E-state index >= 15 is 0 Å². The van der Waals surface area contributed by atoms with Crippen LogP contribution in [0.5, 0.6) is 0 Å². The average Bonchev–Trinajstić information content (AvgIpc) is 2.93. The third-order valence-electron chi connectivity index (χ3n) is 9.51. The van der Waals surface area contributed by atoms with Crippen LogP contribution in [0.4, 0.5) is 0 Å². The summed E-state index contributed by atoms with van der Waals surface area (Å²) in [5, 5.41) is 0. The van der Waals surface area contributed by atoms with Gasteiger partial charge in [-0.25, -0.2) is 0 Å². The van der Waals surface area contributed by atoms with Crippen molar-refractivity contribution >= 4 is 5.78 Å². The van der Waals surface area contributed by atoms with Gasteiger partial charge in [0.05, 0.1) is 6.10 Å². The van der Waals surface area contributed by atoms with Gasteiger partial charge in [0.15, 0.2) is 0 Å². The van der Waals surface area contributed by atoms with E-state index < -0.39 is 0 Å². The summed E-state index contributed by atoms with van der Waals surface area (Å²) >= 11 is 0. The first-order valence-electron chi connectivity index (χ1n) is 11.0. The molecule has 8 atom stereocenters. The second-order valence-corrected chi connectivity index (χ2v) is 10.3. The van der Waals surface area contributed by atoms with Crippen LogP contribution in [0.15, 0.2) is 0 Å². The molecule has 0 aliphatic heterocycles. The van der Waals surface area contributed by atoms with Gasteiger partial charge in [-0.1, -0.05) is 13.8 Å². The highest BCUT2D eigenvalue weighted by Crippen LogP contribution is 2.67. The Balaban J connectivity index is 1.55. The second-order valence-electron chi connectivity index (χ2n) is 10.3. The van der Waals surface area contributed by atoms with Crippen molar-refractivity contribution in [2.45, 2.75) is 91.6 Å². The first-order chi connectivity index (χ1) is 11.9. The molecular weight excluding hydrogens is 308 g/mol. The molecular formula is C23H38O2. The van der Waals surface area contributed by atoms with Gasteiger partial charge in [-0.15, -0.1) is 0 Å². The zero-order chi connectivity index (χ0) is 17.8. The molecule has 0 aromatic rings. The number of rotatable bonds is 3. The summed E-state index contributed by atoms with van der Waals surface area (Å²) in [7, 11) is 0. The summed E-state index contributed by atoms with van der Waals surface area (Å²) < 4.78 is 6.00. The third-order valence-corrected chi connectivity index (χ3v) is 9.51. The van der Waals surface area contributed by atoms with E-state index in [1.165, 1.54) is 51.4 Å². The van der Waals surface area contributed by atoms with E-state index in [0.29, 0.717) is 28.6 Å². The molecule has 0 amide bonds. The molecule has 4 aliphatic carbocycles. The van der Waals surface area contributed by atoms with Crippen LogP contribution in [0.3, 0.4) is 0 Å². The lowest BCUT2D eigenvalue weighted by Crippen LogP contribution is -2.54. The normalized spacial score (nSPS) is 52.2. The highest BCUT2D eigenvalue weighted by atomic mass is 16.5. The predicted molar refractivity (Wildman–Crippen MR) is 101 cm³/mol. The predicted octanol–water partition coefficient (Wildman–Crippen LogP) is 5.64. The Morgan fingerprint density at radius 2 is 1.68 bits per heavy atom. The van der Waals surface area contributed by atoms with E-state index in [1.807, 2.05) is 6.92 Å². The summed E-state index contributed by atoms with van der Waals surface area (Å²) in [5.74, 6) is 4.26. The Morgan fingerprint density at radius 1 is 0.960 bits per heavy atom. The molecule has 142 valence electrons. The zero-order valence-electron chi connectivity index (χ0n) is 16.9. The van der Waals surface area contributed by atoms with Gasteiger partial charge in [-0.05, 0) is 106 Å². The summed E-state index contributed by atoms with van der Waals surface area (Å²) in [6.45, 7) is 9.94. The average molecular weight is 347 g/mol. The van der Waals surface area contributed by atoms with Crippen molar-refractivity contribution in [2.24, 2.45) is 40.4 Å². The van der Waals surface area contributed by atoms with Gasteiger partial charge in [0.25, 0.3) is 0 Å². The first kappa shape index (κ1) is 18.0. The van der Waals surface area contributed by atoms with Crippen molar-refractivity contribution in [3.05, 3.63) is 0 Å². The van der Waals surface area contributed by atoms with E-state index in [2.05, 4.69) is 20.8 Å². The Hall–Kier alpha value is -0.370. The van der Waals surface area contributed by atoms with Crippen LogP contribution in [0.2, 0.25) is 0 Å². The molecule has 0 aromatic carbocycles. The standard InChI is InChI=1S/C23H38O2/c1-5-25-17-10-12-22(3)16(14-17)6-7-18-20-9-8-19(15(2)24)23(20,4)13-11-21(18)22/h16-21H,5-14H2,1-4H3/t16?,17-,18?,19+,20?,21?,22?,23?/m0/s1. The van der Waals surface area contributed by atoms with Crippen LogP contribution in [0.1, 0.15) is 85.5 Å². The van der Waals surface area contributed by atoms with Crippen molar-refractivity contribution in [3.8, 4) is 0 Å². The summed E-state index contributed by atoms with van der Waals surface area (Å²) in [4.78, 5) is 12.2. The van der Waals surface area contributed by atoms with E-state index in [-0.39, 0.29) is 0 Å². The molecule has 4 rings (SSSR count). The molecule has 4 fully saturated rings. The molecule has 25 heavy (non-hydrogen) atoms. The fourth-order valence-electron chi connectivity index (χ4n) is 8.27. The second kappa shape index (κ2) is 6.36. The van der Waals surface area contributed by atoms with Crippen LogP contribution in [-0.2, 0) is 9.53 Å². The Bertz CT molecular complexity index is 528. The van der Waals surface area contributed by atoms with Gasteiger partial charge >= 0.3 is 0 Å². The smallest absolute Gasteiger partial charge is 0.133 e. The minimum absolute atomic E-state index is 0.304. The third kappa shape index (κ3) is 2.65. The van der Waals surface area contributed by atoms with Gasteiger partial charge in [-0.3, -0.25) is 4.79 Å². The van der Waals surface area contributed by atoms with Crippen LogP contribution < -0.4 is 0 Å². The van der Waals surface area contributed by atoms with Crippen LogP contribution >= 0.6 is 0 Å². The van der Waals surface area contributed by atoms with Crippen molar-refractivity contribution in [1.29, 1.82) is 0 Å². The SMILES string of the molecule is CCO[C@H]1CCC2(C)C(CCC3C2CCC2(C)C3CC[C@@H]2C(C)=O)C1. The van der Waals surface area contributed by atoms with Crippen molar-refractivity contribution in [1.82, 2.24) is 0 Å². The molecule has 2 nitrogen and oxygen atoms in total. The van der Waals surface area contributed by atoms with Crippen molar-refractivity contribution in [2.75, 3.05) is 6.61 Å². The molecule has 4 aliphatic rings. The molecule has 2 heteroatoms. The van der Waals surface area contributed by atoms with Gasteiger partial charge in [-0.2, -0.15) is 0 Å². The van der Waals surface area contributed by atoms with Gasteiger partial charge in [0.1, 0.15) is 5.78 Å². The Kier molecular flexibility index (Phi) is 4.58. The van der Waals surface area contributed by atoms with Crippen LogP contribution in [-0.4, -0.2) is 18.5 Å². The maximum Gasteiger partial charge on any atom is 0.133 e. The monoisotopic (exact) mass is 346 g/mol. The molecule has 0 spiro atoms. The summed E-state index contributed by atoms with van der Waals surface area (Å²) in [6, 6.07) is 0. The van der Waals surface area contributed by atoms with E-state index in [0.717, 1.165) is 36.7 Å². The molecule has 0 radical (unpaired) electrons. The minimum Gasteiger partial charge on any atom is -0.378 e. The number of fused-ring (bicyclic) bond motifs is 5. The molecule has 4 saturated carbocycles. The Labute approximate surface area is 154 Å².